The van der Waals surface area contributed by atoms with Crippen LogP contribution in [0, 0.1) is 0 Å². The zero-order valence-electron chi connectivity index (χ0n) is 25.7. The Hall–Kier alpha value is -6.52. The van der Waals surface area contributed by atoms with E-state index in [2.05, 4.69) is 115 Å². The molecule has 0 aliphatic carbocycles. The van der Waals surface area contributed by atoms with Crippen molar-refractivity contribution in [3.05, 3.63) is 158 Å². The monoisotopic (exact) mass is 614 g/mol. The van der Waals surface area contributed by atoms with Gasteiger partial charge in [0.05, 0.1) is 11.4 Å². The van der Waals surface area contributed by atoms with E-state index in [9.17, 15) is 0 Å². The van der Waals surface area contributed by atoms with Gasteiger partial charge in [0.15, 0.2) is 5.82 Å². The predicted octanol–water partition coefficient (Wildman–Crippen LogP) is 12.1. The molecule has 0 radical (unpaired) electrons. The molecule has 10 aromatic rings. The second-order valence-corrected chi connectivity index (χ2v) is 12.2. The lowest BCUT2D eigenvalue weighted by molar-refractivity contribution is 0.668. The van der Waals surface area contributed by atoms with Crippen LogP contribution in [-0.4, -0.2) is 9.97 Å². The average molecular weight is 615 g/mol. The predicted molar refractivity (Wildman–Crippen MR) is 196 cm³/mol. The number of aromatic nitrogens is 2. The van der Waals surface area contributed by atoms with Gasteiger partial charge in [-0.3, -0.25) is 0 Å². The topological polar surface area (TPSA) is 52.1 Å². The van der Waals surface area contributed by atoms with E-state index in [-0.39, 0.29) is 0 Å². The van der Waals surface area contributed by atoms with Gasteiger partial charge in [-0.2, -0.15) is 0 Å². The fraction of sp³-hybridized carbons (Fsp3) is 0. The van der Waals surface area contributed by atoms with E-state index in [1.54, 1.807) is 0 Å². The fourth-order valence-electron chi connectivity index (χ4n) is 7.02. The standard InChI is InChI=1S/C44H26N2O2/c1-2-11-27(12-3-1)31-24-35(43-34-16-7-9-19-39(34)48-41(43)25-31)37-26-36(32-17-10-20-40-42(32)33-15-6-8-18-38(33)47-40)45-44(46-37)30-22-21-28-13-4-5-14-29(28)23-30/h1-26H. The maximum absolute atomic E-state index is 6.49. The highest BCUT2D eigenvalue weighted by Gasteiger charge is 2.20. The van der Waals surface area contributed by atoms with Crippen molar-refractivity contribution in [3.8, 4) is 45.0 Å². The van der Waals surface area contributed by atoms with Crippen molar-refractivity contribution >= 4 is 54.6 Å². The van der Waals surface area contributed by atoms with Crippen LogP contribution in [0.5, 0.6) is 0 Å². The first-order chi connectivity index (χ1) is 23.8. The molecule has 3 aromatic heterocycles. The van der Waals surface area contributed by atoms with E-state index >= 15 is 0 Å². The summed E-state index contributed by atoms with van der Waals surface area (Å²) < 4.78 is 12.8. The van der Waals surface area contributed by atoms with Crippen molar-refractivity contribution in [3.63, 3.8) is 0 Å². The van der Waals surface area contributed by atoms with Gasteiger partial charge in [0.2, 0.25) is 0 Å². The normalized spacial score (nSPS) is 11.8. The second kappa shape index (κ2) is 10.5. The lowest BCUT2D eigenvalue weighted by Gasteiger charge is -2.13. The van der Waals surface area contributed by atoms with Crippen molar-refractivity contribution in [2.24, 2.45) is 0 Å². The number of benzene rings is 7. The van der Waals surface area contributed by atoms with Gasteiger partial charge in [-0.25, -0.2) is 9.97 Å². The molecule has 0 bridgehead atoms. The summed E-state index contributed by atoms with van der Waals surface area (Å²) in [5, 5.41) is 6.50. The molecule has 48 heavy (non-hydrogen) atoms. The molecule has 0 fully saturated rings. The maximum atomic E-state index is 6.49. The third-order valence-corrected chi connectivity index (χ3v) is 9.27. The van der Waals surface area contributed by atoms with Gasteiger partial charge in [0.1, 0.15) is 22.3 Å². The first-order valence-corrected chi connectivity index (χ1v) is 16.1. The van der Waals surface area contributed by atoms with E-state index in [4.69, 9.17) is 18.8 Å². The van der Waals surface area contributed by atoms with Crippen molar-refractivity contribution < 1.29 is 8.83 Å². The highest BCUT2D eigenvalue weighted by molar-refractivity contribution is 6.15. The molecule has 4 nitrogen and oxygen atoms in total. The van der Waals surface area contributed by atoms with Gasteiger partial charge in [-0.15, -0.1) is 0 Å². The van der Waals surface area contributed by atoms with Crippen LogP contribution in [0.2, 0.25) is 0 Å². The summed E-state index contributed by atoms with van der Waals surface area (Å²) in [6.07, 6.45) is 0. The molecule has 0 unspecified atom stereocenters. The quantitative estimate of drug-likeness (QED) is 0.198. The number of nitrogens with zero attached hydrogens (tertiary/aromatic N) is 2. The molecular formula is C44H26N2O2. The summed E-state index contributed by atoms with van der Waals surface area (Å²) >= 11 is 0. The van der Waals surface area contributed by atoms with Gasteiger partial charge in [-0.1, -0.05) is 115 Å². The highest BCUT2D eigenvalue weighted by Crippen LogP contribution is 2.42. The molecule has 0 aliphatic rings. The van der Waals surface area contributed by atoms with Crippen molar-refractivity contribution in [2.75, 3.05) is 0 Å². The van der Waals surface area contributed by atoms with Crippen LogP contribution in [0.15, 0.2) is 167 Å². The van der Waals surface area contributed by atoms with Gasteiger partial charge in [0, 0.05) is 38.2 Å². The molecule has 10 rings (SSSR count). The molecule has 4 heteroatoms. The van der Waals surface area contributed by atoms with Crippen molar-refractivity contribution in [1.29, 1.82) is 0 Å². The minimum Gasteiger partial charge on any atom is -0.456 e. The van der Waals surface area contributed by atoms with E-state index in [1.165, 1.54) is 5.39 Å². The average Bonchev–Trinajstić information content (AvgIpc) is 3.73. The summed E-state index contributed by atoms with van der Waals surface area (Å²) in [5.41, 5.74) is 10.1. The summed E-state index contributed by atoms with van der Waals surface area (Å²) in [6, 6.07) is 54.3. The second-order valence-electron chi connectivity index (χ2n) is 12.2. The number of hydrogen-bond donors (Lipinski definition) is 0. The minimum atomic E-state index is 0.657. The zero-order valence-corrected chi connectivity index (χ0v) is 25.7. The van der Waals surface area contributed by atoms with Gasteiger partial charge in [0.25, 0.3) is 0 Å². The lowest BCUT2D eigenvalue weighted by Crippen LogP contribution is -1.97. The molecule has 7 aromatic carbocycles. The van der Waals surface area contributed by atoms with Crippen LogP contribution in [0.4, 0.5) is 0 Å². The van der Waals surface area contributed by atoms with E-state index in [1.807, 2.05) is 42.5 Å². The molecule has 0 N–H and O–H groups in total. The Labute approximate surface area is 275 Å². The Morgan fingerprint density at radius 2 is 0.979 bits per heavy atom. The number of fused-ring (bicyclic) bond motifs is 7. The smallest absolute Gasteiger partial charge is 0.160 e. The Morgan fingerprint density at radius 1 is 0.354 bits per heavy atom. The van der Waals surface area contributed by atoms with Crippen LogP contribution < -0.4 is 0 Å². The fourth-order valence-corrected chi connectivity index (χ4v) is 7.02. The first-order valence-electron chi connectivity index (χ1n) is 16.1. The summed E-state index contributed by atoms with van der Waals surface area (Å²) in [6.45, 7) is 0. The number of para-hydroxylation sites is 2. The van der Waals surface area contributed by atoms with Gasteiger partial charge < -0.3 is 8.83 Å². The Balaban J connectivity index is 1.30. The minimum absolute atomic E-state index is 0.657. The van der Waals surface area contributed by atoms with Crippen LogP contribution in [0.1, 0.15) is 0 Å². The SMILES string of the molecule is c1ccc(-c2cc(-c3cc(-c4cccc5oc6ccccc6c45)nc(-c4ccc5ccccc5c4)n3)c3c(c2)oc2ccccc23)cc1. The number of hydrogen-bond acceptors (Lipinski definition) is 4. The molecule has 0 aliphatic heterocycles. The van der Waals surface area contributed by atoms with Crippen LogP contribution >= 0.6 is 0 Å². The number of rotatable bonds is 4. The third-order valence-electron chi connectivity index (χ3n) is 9.27. The highest BCUT2D eigenvalue weighted by atomic mass is 16.3. The molecule has 3 heterocycles. The Kier molecular flexibility index (Phi) is 5.84. The van der Waals surface area contributed by atoms with E-state index < -0.39 is 0 Å². The van der Waals surface area contributed by atoms with Crippen LogP contribution in [0.3, 0.4) is 0 Å². The van der Waals surface area contributed by atoms with Crippen LogP contribution in [-0.2, 0) is 0 Å². The van der Waals surface area contributed by atoms with Gasteiger partial charge in [-0.05, 0) is 64.4 Å². The molecule has 0 spiro atoms. The summed E-state index contributed by atoms with van der Waals surface area (Å²) in [7, 11) is 0. The molecule has 0 saturated carbocycles. The summed E-state index contributed by atoms with van der Waals surface area (Å²) in [5.74, 6) is 0.657. The van der Waals surface area contributed by atoms with E-state index in [0.29, 0.717) is 5.82 Å². The van der Waals surface area contributed by atoms with Crippen molar-refractivity contribution in [2.45, 2.75) is 0 Å². The van der Waals surface area contributed by atoms with Crippen LogP contribution in [0.25, 0.3) is 99.7 Å². The first kappa shape index (κ1) is 26.7. The molecule has 224 valence electrons. The van der Waals surface area contributed by atoms with Gasteiger partial charge >= 0.3 is 0 Å². The third kappa shape index (κ3) is 4.24. The summed E-state index contributed by atoms with van der Waals surface area (Å²) in [4.78, 5) is 10.6. The Bertz CT molecular complexity index is 2850. The lowest BCUT2D eigenvalue weighted by atomic mass is 9.95. The maximum Gasteiger partial charge on any atom is 0.160 e. The van der Waals surface area contributed by atoms with E-state index in [0.717, 1.165) is 88.5 Å². The molecule has 0 amide bonds. The molecule has 0 atom stereocenters. The van der Waals surface area contributed by atoms with Crippen molar-refractivity contribution in [1.82, 2.24) is 9.97 Å². The number of furan rings is 2. The molecule has 0 saturated heterocycles. The largest absolute Gasteiger partial charge is 0.456 e. The Morgan fingerprint density at radius 3 is 1.77 bits per heavy atom. The molecular weight excluding hydrogens is 588 g/mol. The zero-order chi connectivity index (χ0) is 31.6.